The molecule has 1 atom stereocenters. The number of para-hydroxylation sites is 1. The van der Waals surface area contributed by atoms with E-state index < -0.39 is 6.10 Å². The summed E-state index contributed by atoms with van der Waals surface area (Å²) in [5.74, 6) is 0.177. The first-order chi connectivity index (χ1) is 14.5. The van der Waals surface area contributed by atoms with Crippen LogP contribution in [0.5, 0.6) is 0 Å². The van der Waals surface area contributed by atoms with E-state index >= 15 is 0 Å². The Bertz CT molecular complexity index is 1120. The summed E-state index contributed by atoms with van der Waals surface area (Å²) in [6, 6.07) is 12.1. The molecule has 3 heterocycles. The monoisotopic (exact) mass is 425 g/mol. The average Bonchev–Trinajstić information content (AvgIpc) is 2.78. The van der Waals surface area contributed by atoms with E-state index in [0.29, 0.717) is 35.5 Å². The van der Waals surface area contributed by atoms with Crippen molar-refractivity contribution in [3.8, 4) is 11.3 Å². The number of morpholine rings is 1. The van der Waals surface area contributed by atoms with E-state index in [1.54, 1.807) is 55.8 Å². The van der Waals surface area contributed by atoms with Crippen LogP contribution in [0.1, 0.15) is 0 Å². The number of hydrogen-bond donors (Lipinski definition) is 1. The highest BCUT2D eigenvalue weighted by Gasteiger charge is 2.29. The van der Waals surface area contributed by atoms with Gasteiger partial charge in [-0.1, -0.05) is 23.7 Å². The Kier molecular flexibility index (Phi) is 5.78. The highest BCUT2D eigenvalue weighted by Crippen LogP contribution is 2.23. The molecule has 1 unspecified atom stereocenters. The van der Waals surface area contributed by atoms with Gasteiger partial charge in [0.25, 0.3) is 11.5 Å². The van der Waals surface area contributed by atoms with Crippen LogP contribution in [0.4, 0.5) is 11.6 Å². The van der Waals surface area contributed by atoms with Crippen molar-refractivity contribution in [1.29, 1.82) is 0 Å². The van der Waals surface area contributed by atoms with E-state index in [0.717, 1.165) is 5.56 Å². The van der Waals surface area contributed by atoms with Crippen molar-refractivity contribution < 1.29 is 9.53 Å². The number of nitrogens with one attached hydrogen (secondary N) is 1. The van der Waals surface area contributed by atoms with Crippen molar-refractivity contribution in [2.75, 3.05) is 29.9 Å². The number of halogens is 1. The first kappa shape index (κ1) is 20.1. The molecular formula is C21H20ClN5O3. The predicted molar refractivity (Wildman–Crippen MR) is 115 cm³/mol. The molecule has 1 aliphatic heterocycles. The molecule has 9 heteroatoms. The van der Waals surface area contributed by atoms with Crippen LogP contribution in [0.3, 0.4) is 0 Å². The largest absolute Gasteiger partial charge is 0.365 e. The summed E-state index contributed by atoms with van der Waals surface area (Å²) in [5, 5.41) is 3.25. The summed E-state index contributed by atoms with van der Waals surface area (Å²) < 4.78 is 7.14. The van der Waals surface area contributed by atoms with Gasteiger partial charge in [0.05, 0.1) is 29.6 Å². The number of ether oxygens (including phenoxy) is 1. The van der Waals surface area contributed by atoms with Gasteiger partial charge in [-0.25, -0.2) is 4.98 Å². The smallest absolute Gasteiger partial charge is 0.255 e. The Morgan fingerprint density at radius 2 is 2.00 bits per heavy atom. The van der Waals surface area contributed by atoms with Gasteiger partial charge in [0.2, 0.25) is 5.95 Å². The molecule has 4 rings (SSSR count). The summed E-state index contributed by atoms with van der Waals surface area (Å²) in [4.78, 5) is 35.8. The number of carbonyl (C=O) groups is 1. The fraction of sp³-hybridized carbons (Fsp3) is 0.238. The molecule has 1 aliphatic rings. The number of carbonyl (C=O) groups excluding carboxylic acids is 1. The van der Waals surface area contributed by atoms with Crippen LogP contribution in [0.2, 0.25) is 5.02 Å². The molecule has 1 fully saturated rings. The molecule has 0 radical (unpaired) electrons. The van der Waals surface area contributed by atoms with E-state index in [1.165, 1.54) is 10.6 Å². The highest BCUT2D eigenvalue weighted by atomic mass is 35.5. The summed E-state index contributed by atoms with van der Waals surface area (Å²) in [5.41, 5.74) is 1.69. The van der Waals surface area contributed by atoms with Crippen molar-refractivity contribution in [1.82, 2.24) is 14.5 Å². The van der Waals surface area contributed by atoms with Gasteiger partial charge in [-0.3, -0.25) is 19.1 Å². The van der Waals surface area contributed by atoms with Crippen LogP contribution >= 0.6 is 11.6 Å². The zero-order valence-corrected chi connectivity index (χ0v) is 17.0. The second-order valence-electron chi connectivity index (χ2n) is 6.85. The van der Waals surface area contributed by atoms with Gasteiger partial charge in [-0.15, -0.1) is 0 Å². The molecule has 3 aromatic rings. The zero-order chi connectivity index (χ0) is 21.1. The maximum absolute atomic E-state index is 12.7. The number of nitrogens with zero attached hydrogens (tertiary/aromatic N) is 4. The Balaban J connectivity index is 1.57. The third-order valence-electron chi connectivity index (χ3n) is 4.86. The fourth-order valence-electron chi connectivity index (χ4n) is 3.25. The lowest BCUT2D eigenvalue weighted by Gasteiger charge is -2.33. The number of pyridine rings is 1. The van der Waals surface area contributed by atoms with Crippen LogP contribution in [0, 0.1) is 0 Å². The Morgan fingerprint density at radius 1 is 1.23 bits per heavy atom. The third-order valence-corrected chi connectivity index (χ3v) is 5.19. The fourth-order valence-corrected chi connectivity index (χ4v) is 3.43. The Labute approximate surface area is 178 Å². The van der Waals surface area contributed by atoms with Crippen molar-refractivity contribution in [2.24, 2.45) is 7.05 Å². The molecule has 1 amide bonds. The molecule has 30 heavy (non-hydrogen) atoms. The van der Waals surface area contributed by atoms with Crippen molar-refractivity contribution in [3.05, 3.63) is 70.2 Å². The van der Waals surface area contributed by atoms with Crippen LogP contribution in [0.25, 0.3) is 11.3 Å². The van der Waals surface area contributed by atoms with E-state index in [1.807, 2.05) is 4.90 Å². The van der Waals surface area contributed by atoms with Gasteiger partial charge < -0.3 is 15.0 Å². The summed E-state index contributed by atoms with van der Waals surface area (Å²) in [7, 11) is 1.66. The number of hydrogen-bond acceptors (Lipinski definition) is 6. The normalized spacial score (nSPS) is 16.3. The van der Waals surface area contributed by atoms with E-state index in [-0.39, 0.29) is 18.0 Å². The zero-order valence-electron chi connectivity index (χ0n) is 16.3. The number of aromatic nitrogens is 3. The second-order valence-corrected chi connectivity index (χ2v) is 7.26. The second kappa shape index (κ2) is 8.64. The maximum Gasteiger partial charge on any atom is 0.255 e. The van der Waals surface area contributed by atoms with E-state index in [2.05, 4.69) is 15.3 Å². The molecule has 0 saturated carbocycles. The van der Waals surface area contributed by atoms with Crippen LogP contribution in [-0.2, 0) is 16.6 Å². The number of anilines is 2. The predicted octanol–water partition coefficient (Wildman–Crippen LogP) is 2.34. The SMILES string of the molecule is Cn1c(N2CCOC(C(=O)Nc3ccccc3Cl)C2)nc(-c2ccncc2)cc1=O. The number of rotatable bonds is 4. The third kappa shape index (κ3) is 4.19. The molecule has 1 aromatic carbocycles. The standard InChI is InChI=1S/C21H20ClN5O3/c1-26-19(28)12-17(14-6-8-23-9-7-14)25-21(26)27-10-11-30-18(13-27)20(29)24-16-5-3-2-4-15(16)22/h2-9,12,18H,10-11,13H2,1H3,(H,24,29). The molecule has 1 saturated heterocycles. The van der Waals surface area contributed by atoms with Gasteiger partial charge in [0.1, 0.15) is 0 Å². The molecule has 2 aromatic heterocycles. The van der Waals surface area contributed by atoms with Gasteiger partial charge >= 0.3 is 0 Å². The van der Waals surface area contributed by atoms with Crippen LogP contribution < -0.4 is 15.8 Å². The average molecular weight is 426 g/mol. The number of benzene rings is 1. The summed E-state index contributed by atoms with van der Waals surface area (Å²) >= 11 is 6.13. The molecule has 0 aliphatic carbocycles. The van der Waals surface area contributed by atoms with Crippen LogP contribution in [0.15, 0.2) is 59.7 Å². The minimum Gasteiger partial charge on any atom is -0.365 e. The van der Waals surface area contributed by atoms with E-state index in [4.69, 9.17) is 16.3 Å². The van der Waals surface area contributed by atoms with Gasteiger partial charge in [-0.2, -0.15) is 0 Å². The molecule has 0 spiro atoms. The minimum absolute atomic E-state index is 0.185. The topological polar surface area (TPSA) is 89.3 Å². The molecule has 1 N–H and O–H groups in total. The van der Waals surface area contributed by atoms with Crippen LogP contribution in [-0.4, -0.2) is 46.2 Å². The molecule has 154 valence electrons. The lowest BCUT2D eigenvalue weighted by atomic mass is 10.2. The number of amides is 1. The lowest BCUT2D eigenvalue weighted by Crippen LogP contribution is -2.49. The van der Waals surface area contributed by atoms with Crippen molar-refractivity contribution >= 4 is 29.1 Å². The summed E-state index contributed by atoms with van der Waals surface area (Å²) in [6.07, 6.45) is 2.58. The van der Waals surface area contributed by atoms with E-state index in [9.17, 15) is 9.59 Å². The molecule has 0 bridgehead atoms. The molecular weight excluding hydrogens is 406 g/mol. The summed E-state index contributed by atoms with van der Waals surface area (Å²) in [6.45, 7) is 1.10. The maximum atomic E-state index is 12.7. The quantitative estimate of drug-likeness (QED) is 0.690. The minimum atomic E-state index is -0.725. The Hall–Kier alpha value is -3.23. The van der Waals surface area contributed by atoms with Crippen molar-refractivity contribution in [3.63, 3.8) is 0 Å². The van der Waals surface area contributed by atoms with Crippen molar-refractivity contribution in [2.45, 2.75) is 6.10 Å². The van der Waals surface area contributed by atoms with Gasteiger partial charge in [-0.05, 0) is 24.3 Å². The first-order valence-corrected chi connectivity index (χ1v) is 9.81. The first-order valence-electron chi connectivity index (χ1n) is 9.43. The lowest BCUT2D eigenvalue weighted by molar-refractivity contribution is -0.128. The molecule has 8 nitrogen and oxygen atoms in total. The highest BCUT2D eigenvalue weighted by molar-refractivity contribution is 6.33. The Morgan fingerprint density at radius 3 is 2.77 bits per heavy atom. The van der Waals surface area contributed by atoms with Gasteiger partial charge in [0, 0.05) is 37.6 Å². The van der Waals surface area contributed by atoms with Gasteiger partial charge in [0.15, 0.2) is 6.10 Å².